The fourth-order valence-electron chi connectivity index (χ4n) is 3.35. The molecule has 4 unspecified atom stereocenters. The first kappa shape index (κ1) is 12.4. The van der Waals surface area contributed by atoms with Crippen LogP contribution in [0.5, 0.6) is 11.5 Å². The predicted molar refractivity (Wildman–Crippen MR) is 71.8 cm³/mol. The summed E-state index contributed by atoms with van der Waals surface area (Å²) in [6, 6.07) is 5.97. The molecule has 0 spiro atoms. The molecule has 1 aromatic carbocycles. The molecule has 2 fully saturated rings. The molecule has 0 radical (unpaired) electrons. The second-order valence-electron chi connectivity index (χ2n) is 5.75. The van der Waals surface area contributed by atoms with Crippen LogP contribution in [0.15, 0.2) is 18.2 Å². The zero-order valence-electron chi connectivity index (χ0n) is 11.2. The van der Waals surface area contributed by atoms with Crippen molar-refractivity contribution >= 4 is 0 Å². The van der Waals surface area contributed by atoms with E-state index in [2.05, 4.69) is 5.32 Å². The van der Waals surface area contributed by atoms with Crippen molar-refractivity contribution in [3.05, 3.63) is 23.8 Å². The summed E-state index contributed by atoms with van der Waals surface area (Å²) >= 11 is 0. The fraction of sp³-hybridized carbons (Fsp3) is 0.600. The Morgan fingerprint density at radius 1 is 1.25 bits per heavy atom. The topological polar surface area (TPSA) is 60.0 Å². The van der Waals surface area contributed by atoms with Gasteiger partial charge in [0.25, 0.3) is 0 Å². The van der Waals surface area contributed by atoms with E-state index in [1.54, 1.807) is 0 Å². The zero-order valence-corrected chi connectivity index (χ0v) is 11.2. The van der Waals surface area contributed by atoms with Gasteiger partial charge in [-0.3, -0.25) is 0 Å². The van der Waals surface area contributed by atoms with Crippen molar-refractivity contribution in [1.82, 2.24) is 5.32 Å². The van der Waals surface area contributed by atoms with E-state index >= 15 is 0 Å². The molecular weight excluding hydrogens is 258 g/mol. The first-order chi connectivity index (χ1) is 9.79. The van der Waals surface area contributed by atoms with E-state index in [1.807, 2.05) is 18.2 Å². The van der Waals surface area contributed by atoms with E-state index in [0.717, 1.165) is 24.2 Å². The number of hydrogen-bond donors (Lipinski definition) is 2. The van der Waals surface area contributed by atoms with Crippen LogP contribution in [0.4, 0.5) is 0 Å². The number of nitrogens with one attached hydrogen (secondary N) is 1. The lowest BCUT2D eigenvalue weighted by Crippen LogP contribution is -2.39. The third-order valence-electron chi connectivity index (χ3n) is 4.46. The molecule has 2 saturated heterocycles. The maximum Gasteiger partial charge on any atom is 0.231 e. The second-order valence-corrected chi connectivity index (χ2v) is 5.75. The third-order valence-corrected chi connectivity index (χ3v) is 4.46. The lowest BCUT2D eigenvalue weighted by molar-refractivity contribution is 0.0942. The van der Waals surface area contributed by atoms with Crippen molar-refractivity contribution in [2.24, 2.45) is 0 Å². The van der Waals surface area contributed by atoms with Gasteiger partial charge in [-0.2, -0.15) is 0 Å². The minimum Gasteiger partial charge on any atom is -0.454 e. The Bertz CT molecular complexity index is 507. The Hall–Kier alpha value is -1.30. The molecule has 0 aromatic heterocycles. The monoisotopic (exact) mass is 277 g/mol. The first-order valence-corrected chi connectivity index (χ1v) is 7.26. The quantitative estimate of drug-likeness (QED) is 0.870. The van der Waals surface area contributed by atoms with Crippen LogP contribution in [0.25, 0.3) is 0 Å². The average molecular weight is 277 g/mol. The molecule has 108 valence electrons. The standard InChI is InChI=1S/C15H19NO4/c17-12(7-16-11-6-10-2-4-13(11)20-10)9-1-3-14-15(5-9)19-8-18-14/h1,3,5,10-13,16-17H,2,4,6-8H2. The highest BCUT2D eigenvalue weighted by atomic mass is 16.7. The number of fused-ring (bicyclic) bond motifs is 3. The Morgan fingerprint density at radius 3 is 2.95 bits per heavy atom. The van der Waals surface area contributed by atoms with Gasteiger partial charge in [-0.15, -0.1) is 0 Å². The van der Waals surface area contributed by atoms with Crippen LogP contribution < -0.4 is 14.8 Å². The van der Waals surface area contributed by atoms with Crippen molar-refractivity contribution in [1.29, 1.82) is 0 Å². The van der Waals surface area contributed by atoms with Crippen molar-refractivity contribution in [3.63, 3.8) is 0 Å². The van der Waals surface area contributed by atoms with Crippen molar-refractivity contribution < 1.29 is 19.3 Å². The summed E-state index contributed by atoms with van der Waals surface area (Å²) in [5.41, 5.74) is 0.853. The van der Waals surface area contributed by atoms with E-state index in [-0.39, 0.29) is 6.79 Å². The highest BCUT2D eigenvalue weighted by Gasteiger charge is 2.40. The normalized spacial score (nSPS) is 31.8. The zero-order chi connectivity index (χ0) is 13.5. The van der Waals surface area contributed by atoms with Crippen LogP contribution >= 0.6 is 0 Å². The van der Waals surface area contributed by atoms with Gasteiger partial charge in [0.05, 0.1) is 18.3 Å². The maximum absolute atomic E-state index is 10.3. The molecule has 20 heavy (non-hydrogen) atoms. The summed E-state index contributed by atoms with van der Waals surface area (Å²) in [7, 11) is 0. The van der Waals surface area contributed by atoms with Crippen molar-refractivity contribution in [2.75, 3.05) is 13.3 Å². The largest absolute Gasteiger partial charge is 0.454 e. The lowest BCUT2D eigenvalue weighted by Gasteiger charge is -2.22. The number of rotatable bonds is 4. The second kappa shape index (κ2) is 4.91. The smallest absolute Gasteiger partial charge is 0.231 e. The molecule has 0 amide bonds. The number of aliphatic hydroxyl groups is 1. The van der Waals surface area contributed by atoms with E-state index in [4.69, 9.17) is 14.2 Å². The molecule has 0 saturated carbocycles. The molecule has 0 aliphatic carbocycles. The van der Waals surface area contributed by atoms with Gasteiger partial charge in [-0.25, -0.2) is 0 Å². The molecule has 1 aromatic rings. The number of benzene rings is 1. The molecule has 2 bridgehead atoms. The maximum atomic E-state index is 10.3. The van der Waals surface area contributed by atoms with E-state index in [1.165, 1.54) is 6.42 Å². The Balaban J connectivity index is 1.37. The fourth-order valence-corrected chi connectivity index (χ4v) is 3.35. The van der Waals surface area contributed by atoms with Gasteiger partial charge in [-0.05, 0) is 37.0 Å². The minimum absolute atomic E-state index is 0.260. The van der Waals surface area contributed by atoms with Crippen LogP contribution in [-0.4, -0.2) is 36.7 Å². The molecule has 3 aliphatic rings. The molecule has 5 heteroatoms. The van der Waals surface area contributed by atoms with Gasteiger partial charge < -0.3 is 24.6 Å². The van der Waals surface area contributed by atoms with E-state index < -0.39 is 6.10 Å². The molecule has 3 heterocycles. The van der Waals surface area contributed by atoms with Crippen LogP contribution in [0, 0.1) is 0 Å². The average Bonchev–Trinajstić information content (AvgIpc) is 3.19. The Labute approximate surface area is 117 Å². The van der Waals surface area contributed by atoms with Gasteiger partial charge >= 0.3 is 0 Å². The molecule has 4 rings (SSSR count). The van der Waals surface area contributed by atoms with Crippen LogP contribution in [0.1, 0.15) is 30.9 Å². The number of ether oxygens (including phenoxy) is 3. The SMILES string of the molecule is OC(CNC1CC2CCC1O2)c1ccc2c(c1)OCO2. The number of hydrogen-bond acceptors (Lipinski definition) is 5. The summed E-state index contributed by atoms with van der Waals surface area (Å²) in [5, 5.41) is 13.7. The molecule has 3 aliphatic heterocycles. The van der Waals surface area contributed by atoms with Crippen molar-refractivity contribution in [2.45, 2.75) is 43.6 Å². The van der Waals surface area contributed by atoms with Gasteiger partial charge in [0.1, 0.15) is 0 Å². The molecule has 4 atom stereocenters. The summed E-state index contributed by atoms with van der Waals surface area (Å²) in [6.07, 6.45) is 3.63. The first-order valence-electron chi connectivity index (χ1n) is 7.26. The molecule has 5 nitrogen and oxygen atoms in total. The highest BCUT2D eigenvalue weighted by Crippen LogP contribution is 2.36. The van der Waals surface area contributed by atoms with Gasteiger partial charge in [0.15, 0.2) is 11.5 Å². The van der Waals surface area contributed by atoms with Gasteiger partial charge in [-0.1, -0.05) is 6.07 Å². The lowest BCUT2D eigenvalue weighted by atomic mass is 9.95. The van der Waals surface area contributed by atoms with E-state index in [0.29, 0.717) is 30.5 Å². The Morgan fingerprint density at radius 2 is 2.15 bits per heavy atom. The van der Waals surface area contributed by atoms with E-state index in [9.17, 15) is 5.11 Å². The van der Waals surface area contributed by atoms with Gasteiger partial charge in [0.2, 0.25) is 6.79 Å². The highest BCUT2D eigenvalue weighted by molar-refractivity contribution is 5.45. The third kappa shape index (κ3) is 2.16. The van der Waals surface area contributed by atoms with Crippen LogP contribution in [-0.2, 0) is 4.74 Å². The summed E-state index contributed by atoms with van der Waals surface area (Å²) in [5.74, 6) is 1.46. The number of aliphatic hydroxyl groups excluding tert-OH is 1. The Kier molecular flexibility index (Phi) is 3.06. The van der Waals surface area contributed by atoms with Crippen molar-refractivity contribution in [3.8, 4) is 11.5 Å². The summed E-state index contributed by atoms with van der Waals surface area (Å²) < 4.78 is 16.4. The predicted octanol–water partition coefficient (Wildman–Crippen LogP) is 1.36. The summed E-state index contributed by atoms with van der Waals surface area (Å²) in [6.45, 7) is 0.798. The summed E-state index contributed by atoms with van der Waals surface area (Å²) in [4.78, 5) is 0. The van der Waals surface area contributed by atoms with Gasteiger partial charge in [0, 0.05) is 12.6 Å². The molecule has 2 N–H and O–H groups in total. The van der Waals surface area contributed by atoms with Crippen LogP contribution in [0.2, 0.25) is 0 Å². The van der Waals surface area contributed by atoms with Crippen LogP contribution in [0.3, 0.4) is 0 Å². The molecular formula is C15H19NO4. The minimum atomic E-state index is -0.538.